The summed E-state index contributed by atoms with van der Waals surface area (Å²) < 4.78 is 0. The van der Waals surface area contributed by atoms with Crippen LogP contribution in [0.2, 0.25) is 0 Å². The summed E-state index contributed by atoms with van der Waals surface area (Å²) in [6.45, 7) is 2.02. The van der Waals surface area contributed by atoms with E-state index in [1.54, 1.807) is 0 Å². The topological polar surface area (TPSA) is 46.2 Å². The largest absolute Gasteiger partial charge is 0.394 e. The monoisotopic (exact) mass is 155 g/mol. The lowest BCUT2D eigenvalue weighted by Crippen LogP contribution is -2.47. The maximum Gasteiger partial charge on any atom is 0.0611 e. The van der Waals surface area contributed by atoms with Gasteiger partial charge in [0, 0.05) is 5.54 Å². The first kappa shape index (κ1) is 8.75. The van der Waals surface area contributed by atoms with E-state index in [-0.39, 0.29) is 12.1 Å². The Morgan fingerprint density at radius 3 is 2.82 bits per heavy atom. The lowest BCUT2D eigenvalue weighted by atomic mass is 9.79. The third-order valence-corrected chi connectivity index (χ3v) is 2.54. The number of nitrogens with two attached hydrogens (primary N) is 1. The predicted molar refractivity (Wildman–Crippen MR) is 46.2 cm³/mol. The molecule has 1 aliphatic carbocycles. The van der Waals surface area contributed by atoms with Crippen molar-refractivity contribution in [3.63, 3.8) is 0 Å². The maximum absolute atomic E-state index is 9.00. The van der Waals surface area contributed by atoms with Gasteiger partial charge in [-0.25, -0.2) is 0 Å². The molecule has 0 heterocycles. The highest BCUT2D eigenvalue weighted by Crippen LogP contribution is 2.26. The summed E-state index contributed by atoms with van der Waals surface area (Å²) in [7, 11) is 0. The maximum atomic E-state index is 9.00. The molecule has 0 saturated heterocycles. The van der Waals surface area contributed by atoms with E-state index in [0.29, 0.717) is 5.92 Å². The highest BCUT2D eigenvalue weighted by atomic mass is 16.3. The van der Waals surface area contributed by atoms with Crippen molar-refractivity contribution in [1.82, 2.24) is 0 Å². The van der Waals surface area contributed by atoms with Crippen molar-refractivity contribution < 1.29 is 5.11 Å². The highest BCUT2D eigenvalue weighted by Gasteiger charge is 2.28. The van der Waals surface area contributed by atoms with E-state index in [0.717, 1.165) is 19.3 Å². The van der Waals surface area contributed by atoms with Gasteiger partial charge in [0.25, 0.3) is 0 Å². The summed E-state index contributed by atoms with van der Waals surface area (Å²) in [5.41, 5.74) is 5.52. The Bertz CT molecular complexity index is 152. The molecule has 0 aromatic rings. The SMILES string of the molecule is CC(N)(CO)C1CC=CCC1. The summed E-state index contributed by atoms with van der Waals surface area (Å²) in [6.07, 6.45) is 7.59. The van der Waals surface area contributed by atoms with Crippen LogP contribution in [0, 0.1) is 5.92 Å². The molecule has 3 N–H and O–H groups in total. The second-order valence-corrected chi connectivity index (χ2v) is 3.65. The van der Waals surface area contributed by atoms with Gasteiger partial charge < -0.3 is 10.8 Å². The van der Waals surface area contributed by atoms with E-state index in [1.165, 1.54) is 0 Å². The van der Waals surface area contributed by atoms with Crippen LogP contribution < -0.4 is 5.73 Å². The van der Waals surface area contributed by atoms with Crippen LogP contribution >= 0.6 is 0 Å². The minimum absolute atomic E-state index is 0.0888. The van der Waals surface area contributed by atoms with Crippen molar-refractivity contribution in [1.29, 1.82) is 0 Å². The molecule has 0 spiro atoms. The molecule has 64 valence electrons. The molecular weight excluding hydrogens is 138 g/mol. The quantitative estimate of drug-likeness (QED) is 0.585. The molecule has 2 atom stereocenters. The average molecular weight is 155 g/mol. The van der Waals surface area contributed by atoms with Crippen molar-refractivity contribution >= 4 is 0 Å². The van der Waals surface area contributed by atoms with Crippen molar-refractivity contribution in [3.05, 3.63) is 12.2 Å². The lowest BCUT2D eigenvalue weighted by molar-refractivity contribution is 0.147. The smallest absolute Gasteiger partial charge is 0.0611 e. The molecule has 0 fully saturated rings. The minimum Gasteiger partial charge on any atom is -0.394 e. The second kappa shape index (κ2) is 3.37. The van der Waals surface area contributed by atoms with Crippen molar-refractivity contribution in [2.45, 2.75) is 31.7 Å². The number of hydrogen-bond acceptors (Lipinski definition) is 2. The Morgan fingerprint density at radius 1 is 1.64 bits per heavy atom. The molecule has 0 aromatic carbocycles. The fourth-order valence-corrected chi connectivity index (χ4v) is 1.52. The van der Waals surface area contributed by atoms with Gasteiger partial charge in [-0.15, -0.1) is 0 Å². The average Bonchev–Trinajstić information content (AvgIpc) is 2.06. The van der Waals surface area contributed by atoms with Crippen molar-refractivity contribution in [2.75, 3.05) is 6.61 Å². The fraction of sp³-hybridized carbons (Fsp3) is 0.778. The van der Waals surface area contributed by atoms with Gasteiger partial charge in [0.05, 0.1) is 6.61 Å². The summed E-state index contributed by atoms with van der Waals surface area (Å²) in [5, 5.41) is 9.00. The van der Waals surface area contributed by atoms with E-state index in [9.17, 15) is 0 Å². The van der Waals surface area contributed by atoms with E-state index in [1.807, 2.05) is 6.92 Å². The van der Waals surface area contributed by atoms with Gasteiger partial charge in [-0.05, 0) is 32.1 Å². The fourth-order valence-electron chi connectivity index (χ4n) is 1.52. The summed E-state index contributed by atoms with van der Waals surface area (Å²) in [4.78, 5) is 0. The molecule has 11 heavy (non-hydrogen) atoms. The molecule has 1 aliphatic rings. The zero-order chi connectivity index (χ0) is 8.32. The van der Waals surface area contributed by atoms with Crippen LogP contribution in [-0.2, 0) is 0 Å². The van der Waals surface area contributed by atoms with Gasteiger partial charge in [0.15, 0.2) is 0 Å². The molecule has 0 amide bonds. The molecule has 1 rings (SSSR count). The van der Waals surface area contributed by atoms with Crippen LogP contribution in [0.25, 0.3) is 0 Å². The number of hydrogen-bond donors (Lipinski definition) is 2. The number of aliphatic hydroxyl groups is 1. The zero-order valence-corrected chi connectivity index (χ0v) is 7.09. The standard InChI is InChI=1S/C9H17NO/c1-9(10,7-11)8-5-3-2-4-6-8/h2-3,8,11H,4-7,10H2,1H3. The molecule has 0 aliphatic heterocycles. The zero-order valence-electron chi connectivity index (χ0n) is 7.09. The highest BCUT2D eigenvalue weighted by molar-refractivity contribution is 4.98. The van der Waals surface area contributed by atoms with Gasteiger partial charge in [-0.1, -0.05) is 12.2 Å². The predicted octanol–water partition coefficient (Wildman–Crippen LogP) is 1.05. The molecule has 0 aromatic heterocycles. The van der Waals surface area contributed by atoms with Gasteiger partial charge >= 0.3 is 0 Å². The van der Waals surface area contributed by atoms with Crippen LogP contribution in [0.15, 0.2) is 12.2 Å². The summed E-state index contributed by atoms with van der Waals surface area (Å²) >= 11 is 0. The van der Waals surface area contributed by atoms with Crippen molar-refractivity contribution in [3.8, 4) is 0 Å². The Balaban J connectivity index is 2.52. The van der Waals surface area contributed by atoms with Crippen LogP contribution in [0.4, 0.5) is 0 Å². The first-order valence-electron chi connectivity index (χ1n) is 4.21. The van der Waals surface area contributed by atoms with E-state index < -0.39 is 0 Å². The van der Waals surface area contributed by atoms with Crippen molar-refractivity contribution in [2.24, 2.45) is 11.7 Å². The summed E-state index contributed by atoms with van der Waals surface area (Å²) in [5.74, 6) is 0.456. The second-order valence-electron chi connectivity index (χ2n) is 3.65. The number of rotatable bonds is 2. The lowest BCUT2D eigenvalue weighted by Gasteiger charge is -2.33. The van der Waals surface area contributed by atoms with Gasteiger partial charge in [-0.3, -0.25) is 0 Å². The van der Waals surface area contributed by atoms with Crippen LogP contribution in [-0.4, -0.2) is 17.3 Å². The molecule has 0 bridgehead atoms. The first-order valence-corrected chi connectivity index (χ1v) is 4.21. The van der Waals surface area contributed by atoms with Gasteiger partial charge in [0.1, 0.15) is 0 Å². The van der Waals surface area contributed by atoms with Gasteiger partial charge in [-0.2, -0.15) is 0 Å². The Kier molecular flexibility index (Phi) is 2.68. The first-order chi connectivity index (χ1) is 5.17. The summed E-state index contributed by atoms with van der Waals surface area (Å²) in [6, 6.07) is 0. The normalized spacial score (nSPS) is 29.9. The molecule has 0 radical (unpaired) electrons. The van der Waals surface area contributed by atoms with Crippen LogP contribution in [0.3, 0.4) is 0 Å². The molecule has 2 heteroatoms. The number of allylic oxidation sites excluding steroid dienone is 2. The van der Waals surface area contributed by atoms with E-state index in [2.05, 4.69) is 12.2 Å². The Morgan fingerprint density at radius 2 is 2.36 bits per heavy atom. The Hall–Kier alpha value is -0.340. The molecule has 2 unspecified atom stereocenters. The molecule has 0 saturated carbocycles. The van der Waals surface area contributed by atoms with Crippen LogP contribution in [0.1, 0.15) is 26.2 Å². The number of aliphatic hydroxyl groups excluding tert-OH is 1. The van der Waals surface area contributed by atoms with Gasteiger partial charge in [0.2, 0.25) is 0 Å². The van der Waals surface area contributed by atoms with E-state index >= 15 is 0 Å². The molecule has 2 nitrogen and oxygen atoms in total. The third kappa shape index (κ3) is 2.04. The van der Waals surface area contributed by atoms with E-state index in [4.69, 9.17) is 10.8 Å². The Labute approximate surface area is 68.1 Å². The minimum atomic E-state index is -0.384. The molecular formula is C9H17NO. The van der Waals surface area contributed by atoms with Crippen LogP contribution in [0.5, 0.6) is 0 Å². The third-order valence-electron chi connectivity index (χ3n) is 2.54.